The summed E-state index contributed by atoms with van der Waals surface area (Å²) >= 11 is 0. The Morgan fingerprint density at radius 1 is 1.53 bits per heavy atom. The van der Waals surface area contributed by atoms with Gasteiger partial charge in [-0.15, -0.1) is 12.4 Å². The van der Waals surface area contributed by atoms with Crippen molar-refractivity contribution < 1.29 is 10.0 Å². The Kier molecular flexibility index (Phi) is 4.31. The number of nitrogens with zero attached hydrogens (tertiary/aromatic N) is 1. The molecule has 2 rings (SSSR count). The Balaban J connectivity index is 0.00000144. The number of halogens is 1. The van der Waals surface area contributed by atoms with Crippen LogP contribution in [0, 0.1) is 16.0 Å². The molecule has 1 atom stereocenters. The van der Waals surface area contributed by atoms with Gasteiger partial charge in [0, 0.05) is 12.1 Å². The summed E-state index contributed by atoms with van der Waals surface area (Å²) in [7, 11) is 0. The Morgan fingerprint density at radius 2 is 2.18 bits per heavy atom. The van der Waals surface area contributed by atoms with Gasteiger partial charge >= 0.3 is 5.69 Å². The molecule has 1 fully saturated rings. The van der Waals surface area contributed by atoms with E-state index in [1.54, 1.807) is 6.07 Å². The molecule has 1 aromatic rings. The van der Waals surface area contributed by atoms with Crippen LogP contribution >= 0.6 is 12.4 Å². The average molecular weight is 259 g/mol. The van der Waals surface area contributed by atoms with E-state index in [9.17, 15) is 15.2 Å². The molecular formula is C11H15ClN2O3. The van der Waals surface area contributed by atoms with Crippen molar-refractivity contribution in [1.29, 1.82) is 0 Å². The number of benzene rings is 1. The summed E-state index contributed by atoms with van der Waals surface area (Å²) in [4.78, 5) is 10.0. The number of phenols is 1. The lowest BCUT2D eigenvalue weighted by Crippen LogP contribution is -2.11. The molecule has 0 amide bonds. The van der Waals surface area contributed by atoms with E-state index < -0.39 is 4.92 Å². The van der Waals surface area contributed by atoms with Crippen LogP contribution in [0.2, 0.25) is 0 Å². The molecule has 0 spiro atoms. The molecular weight excluding hydrogens is 244 g/mol. The monoisotopic (exact) mass is 258 g/mol. The third kappa shape index (κ3) is 3.31. The van der Waals surface area contributed by atoms with Gasteiger partial charge in [0.05, 0.1) is 4.92 Å². The minimum Gasteiger partial charge on any atom is -0.502 e. The maximum Gasteiger partial charge on any atom is 0.311 e. The van der Waals surface area contributed by atoms with Crippen LogP contribution < -0.4 is 5.73 Å². The van der Waals surface area contributed by atoms with Crippen molar-refractivity contribution in [3.05, 3.63) is 33.9 Å². The predicted octanol–water partition coefficient (Wildman–Crippen LogP) is 2.52. The largest absolute Gasteiger partial charge is 0.502 e. The van der Waals surface area contributed by atoms with Crippen LogP contribution in [0.4, 0.5) is 5.69 Å². The maximum absolute atomic E-state index is 10.6. The normalized spacial score (nSPS) is 16.1. The SMILES string of the molecule is Cl.N[C@H](CC1CC1)c1ccc(O)c([N+](=O)[O-])c1. The second-order valence-electron chi connectivity index (χ2n) is 4.29. The van der Waals surface area contributed by atoms with E-state index in [1.165, 1.54) is 25.0 Å². The first kappa shape index (κ1) is 13.7. The molecule has 0 unspecified atom stereocenters. The number of nitro groups is 1. The van der Waals surface area contributed by atoms with E-state index in [0.717, 1.165) is 12.0 Å². The number of nitrogens with two attached hydrogens (primary N) is 1. The number of nitro benzene ring substituents is 1. The average Bonchev–Trinajstić information content (AvgIpc) is 3.01. The number of aromatic hydroxyl groups is 1. The van der Waals surface area contributed by atoms with Crippen LogP contribution in [0.5, 0.6) is 5.75 Å². The minimum atomic E-state index is -0.595. The smallest absolute Gasteiger partial charge is 0.311 e. The molecule has 1 aliphatic rings. The molecule has 1 aromatic carbocycles. The van der Waals surface area contributed by atoms with Crippen LogP contribution in [-0.2, 0) is 0 Å². The summed E-state index contributed by atoms with van der Waals surface area (Å²) in [5.41, 5.74) is 6.40. The van der Waals surface area contributed by atoms with Crippen LogP contribution in [0.1, 0.15) is 30.9 Å². The summed E-state index contributed by atoms with van der Waals surface area (Å²) in [5.74, 6) is 0.357. The highest BCUT2D eigenvalue weighted by molar-refractivity contribution is 5.85. The molecule has 5 nitrogen and oxygen atoms in total. The number of hydrogen-bond donors (Lipinski definition) is 2. The minimum absolute atomic E-state index is 0. The number of hydrogen-bond acceptors (Lipinski definition) is 4. The van der Waals surface area contributed by atoms with E-state index in [-0.39, 0.29) is 29.9 Å². The molecule has 17 heavy (non-hydrogen) atoms. The quantitative estimate of drug-likeness (QED) is 0.641. The third-order valence-corrected chi connectivity index (χ3v) is 2.91. The first-order chi connectivity index (χ1) is 7.58. The molecule has 1 aliphatic carbocycles. The molecule has 0 radical (unpaired) electrons. The van der Waals surface area contributed by atoms with Gasteiger partial charge in [0.1, 0.15) is 0 Å². The van der Waals surface area contributed by atoms with Gasteiger partial charge in [0.15, 0.2) is 5.75 Å². The van der Waals surface area contributed by atoms with Gasteiger partial charge in [0.2, 0.25) is 0 Å². The van der Waals surface area contributed by atoms with Gasteiger partial charge < -0.3 is 10.8 Å². The molecule has 0 aliphatic heterocycles. The molecule has 1 saturated carbocycles. The van der Waals surface area contributed by atoms with Gasteiger partial charge in [-0.05, 0) is 24.0 Å². The molecule has 0 saturated heterocycles. The fourth-order valence-electron chi connectivity index (χ4n) is 1.77. The fraction of sp³-hybridized carbons (Fsp3) is 0.455. The first-order valence-corrected chi connectivity index (χ1v) is 5.31. The third-order valence-electron chi connectivity index (χ3n) is 2.91. The molecule has 3 N–H and O–H groups in total. The lowest BCUT2D eigenvalue weighted by molar-refractivity contribution is -0.385. The zero-order chi connectivity index (χ0) is 11.7. The second-order valence-corrected chi connectivity index (χ2v) is 4.29. The first-order valence-electron chi connectivity index (χ1n) is 5.31. The van der Waals surface area contributed by atoms with Crippen molar-refractivity contribution in [2.75, 3.05) is 0 Å². The van der Waals surface area contributed by atoms with Crippen molar-refractivity contribution in [3.8, 4) is 5.75 Å². The number of phenolic OH excluding ortho intramolecular Hbond substituents is 1. The van der Waals surface area contributed by atoms with Crippen molar-refractivity contribution in [1.82, 2.24) is 0 Å². The van der Waals surface area contributed by atoms with Gasteiger partial charge in [0.25, 0.3) is 0 Å². The Morgan fingerprint density at radius 3 is 2.71 bits per heavy atom. The molecule has 0 heterocycles. The van der Waals surface area contributed by atoms with Crippen molar-refractivity contribution >= 4 is 18.1 Å². The highest BCUT2D eigenvalue weighted by atomic mass is 35.5. The summed E-state index contributed by atoms with van der Waals surface area (Å²) < 4.78 is 0. The summed E-state index contributed by atoms with van der Waals surface area (Å²) in [6.07, 6.45) is 3.27. The van der Waals surface area contributed by atoms with Gasteiger partial charge in [-0.3, -0.25) is 10.1 Å². The fourth-order valence-corrected chi connectivity index (χ4v) is 1.77. The zero-order valence-corrected chi connectivity index (χ0v) is 10.0. The molecule has 94 valence electrons. The predicted molar refractivity (Wildman–Crippen MR) is 66.3 cm³/mol. The van der Waals surface area contributed by atoms with E-state index in [0.29, 0.717) is 5.92 Å². The Bertz CT molecular complexity index is 421. The van der Waals surface area contributed by atoms with Gasteiger partial charge in [-0.2, -0.15) is 0 Å². The Hall–Kier alpha value is -1.33. The summed E-state index contributed by atoms with van der Waals surface area (Å²) in [6.45, 7) is 0. The van der Waals surface area contributed by atoms with Crippen molar-refractivity contribution in [2.45, 2.75) is 25.3 Å². The van der Waals surface area contributed by atoms with E-state index in [2.05, 4.69) is 0 Å². The van der Waals surface area contributed by atoms with E-state index in [4.69, 9.17) is 5.73 Å². The highest BCUT2D eigenvalue weighted by Gasteiger charge is 2.25. The standard InChI is InChI=1S/C11H14N2O3.ClH/c12-9(5-7-1-2-7)8-3-4-11(14)10(6-8)13(15)16;/h3-4,6-7,9,14H,1-2,5,12H2;1H/t9-;/m1./s1. The lowest BCUT2D eigenvalue weighted by atomic mass is 10.0. The Labute approximate surface area is 105 Å². The summed E-state index contributed by atoms with van der Waals surface area (Å²) in [6, 6.07) is 4.17. The second kappa shape index (κ2) is 5.33. The topological polar surface area (TPSA) is 89.4 Å². The number of rotatable bonds is 4. The van der Waals surface area contributed by atoms with E-state index >= 15 is 0 Å². The lowest BCUT2D eigenvalue weighted by Gasteiger charge is -2.11. The highest BCUT2D eigenvalue weighted by Crippen LogP contribution is 2.38. The van der Waals surface area contributed by atoms with Crippen molar-refractivity contribution in [2.24, 2.45) is 11.7 Å². The molecule has 0 aromatic heterocycles. The van der Waals surface area contributed by atoms with Gasteiger partial charge in [-0.1, -0.05) is 18.9 Å². The van der Waals surface area contributed by atoms with Crippen LogP contribution in [0.25, 0.3) is 0 Å². The van der Waals surface area contributed by atoms with Crippen LogP contribution in [0.3, 0.4) is 0 Å². The van der Waals surface area contributed by atoms with Crippen molar-refractivity contribution in [3.63, 3.8) is 0 Å². The molecule has 6 heteroatoms. The summed E-state index contributed by atoms with van der Waals surface area (Å²) in [5, 5.41) is 19.9. The molecule has 0 bridgehead atoms. The zero-order valence-electron chi connectivity index (χ0n) is 9.20. The van der Waals surface area contributed by atoms with E-state index in [1.807, 2.05) is 0 Å². The van der Waals surface area contributed by atoms with Crippen LogP contribution in [-0.4, -0.2) is 10.0 Å². The van der Waals surface area contributed by atoms with Gasteiger partial charge in [-0.25, -0.2) is 0 Å². The van der Waals surface area contributed by atoms with Crippen LogP contribution in [0.15, 0.2) is 18.2 Å². The maximum atomic E-state index is 10.6.